The van der Waals surface area contributed by atoms with Crippen LogP contribution in [0.2, 0.25) is 5.02 Å². The zero-order chi connectivity index (χ0) is 19.8. The van der Waals surface area contributed by atoms with Gasteiger partial charge < -0.3 is 4.90 Å². The molecule has 8 heteroatoms. The molecule has 3 aromatic rings. The van der Waals surface area contributed by atoms with Gasteiger partial charge in [0, 0.05) is 34.4 Å². The van der Waals surface area contributed by atoms with E-state index < -0.39 is 0 Å². The van der Waals surface area contributed by atoms with Crippen LogP contribution in [0.5, 0.6) is 0 Å². The lowest BCUT2D eigenvalue weighted by Crippen LogP contribution is -2.33. The van der Waals surface area contributed by atoms with Crippen molar-refractivity contribution in [3.63, 3.8) is 0 Å². The number of fused-ring (bicyclic) bond motifs is 1. The maximum atomic E-state index is 14.2. The standard InChI is InChI=1S/C20H21ClFN5O/c1-12-15(13(2)27-20(25-12)23-11-24-27)8-9-19(28)26(14-6-7-14)10-16-17(21)4-3-5-18(16)22/h3-5,11,14H,6-10H2,1-2H3. The van der Waals surface area contributed by atoms with Gasteiger partial charge in [0.15, 0.2) is 0 Å². The predicted molar refractivity (Wildman–Crippen MR) is 104 cm³/mol. The van der Waals surface area contributed by atoms with Crippen molar-refractivity contribution < 1.29 is 9.18 Å². The lowest BCUT2D eigenvalue weighted by Gasteiger charge is -2.24. The van der Waals surface area contributed by atoms with E-state index in [1.165, 1.54) is 12.4 Å². The highest BCUT2D eigenvalue weighted by Gasteiger charge is 2.33. The van der Waals surface area contributed by atoms with Crippen molar-refractivity contribution in [2.24, 2.45) is 0 Å². The molecule has 6 nitrogen and oxygen atoms in total. The number of halogens is 2. The van der Waals surface area contributed by atoms with Crippen LogP contribution in [0, 0.1) is 19.7 Å². The van der Waals surface area contributed by atoms with E-state index >= 15 is 0 Å². The Morgan fingerprint density at radius 3 is 2.82 bits per heavy atom. The number of amides is 1. The van der Waals surface area contributed by atoms with Gasteiger partial charge in [-0.15, -0.1) is 0 Å². The number of rotatable bonds is 6. The summed E-state index contributed by atoms with van der Waals surface area (Å²) in [6.45, 7) is 4.07. The summed E-state index contributed by atoms with van der Waals surface area (Å²) >= 11 is 6.16. The Balaban J connectivity index is 1.52. The zero-order valence-corrected chi connectivity index (χ0v) is 16.6. The van der Waals surface area contributed by atoms with Crippen LogP contribution in [0.15, 0.2) is 24.5 Å². The van der Waals surface area contributed by atoms with E-state index in [0.29, 0.717) is 29.2 Å². The van der Waals surface area contributed by atoms with Crippen molar-refractivity contribution in [3.8, 4) is 0 Å². The highest BCUT2D eigenvalue weighted by atomic mass is 35.5. The topological polar surface area (TPSA) is 63.4 Å². The molecule has 0 atom stereocenters. The molecule has 28 heavy (non-hydrogen) atoms. The monoisotopic (exact) mass is 401 g/mol. The summed E-state index contributed by atoms with van der Waals surface area (Å²) < 4.78 is 15.9. The molecule has 1 aliphatic rings. The maximum absolute atomic E-state index is 14.2. The fourth-order valence-corrected chi connectivity index (χ4v) is 3.78. The van der Waals surface area contributed by atoms with Gasteiger partial charge >= 0.3 is 0 Å². The first-order valence-electron chi connectivity index (χ1n) is 9.34. The molecule has 0 bridgehead atoms. The molecule has 1 aromatic carbocycles. The number of nitrogens with zero attached hydrogens (tertiary/aromatic N) is 5. The van der Waals surface area contributed by atoms with E-state index in [4.69, 9.17) is 11.6 Å². The third-order valence-electron chi connectivity index (χ3n) is 5.28. The van der Waals surface area contributed by atoms with Crippen LogP contribution in [-0.4, -0.2) is 36.4 Å². The molecule has 1 saturated carbocycles. The molecule has 1 fully saturated rings. The van der Waals surface area contributed by atoms with E-state index in [1.54, 1.807) is 21.5 Å². The van der Waals surface area contributed by atoms with Gasteiger partial charge in [-0.25, -0.2) is 13.9 Å². The molecule has 146 valence electrons. The highest BCUT2D eigenvalue weighted by Crippen LogP contribution is 2.31. The van der Waals surface area contributed by atoms with E-state index in [2.05, 4.69) is 15.1 Å². The Labute approximate surface area is 167 Å². The van der Waals surface area contributed by atoms with E-state index in [9.17, 15) is 9.18 Å². The summed E-state index contributed by atoms with van der Waals surface area (Å²) in [5.74, 6) is 0.177. The van der Waals surface area contributed by atoms with Crippen LogP contribution in [0.1, 0.15) is 41.8 Å². The quantitative estimate of drug-likeness (QED) is 0.632. The average molecular weight is 402 g/mol. The fraction of sp³-hybridized carbons (Fsp3) is 0.400. The van der Waals surface area contributed by atoms with Gasteiger partial charge in [-0.05, 0) is 50.8 Å². The normalized spacial score (nSPS) is 13.9. The van der Waals surface area contributed by atoms with Gasteiger partial charge in [-0.3, -0.25) is 4.79 Å². The van der Waals surface area contributed by atoms with Gasteiger partial charge in [0.2, 0.25) is 5.91 Å². The number of hydrogen-bond donors (Lipinski definition) is 0. The van der Waals surface area contributed by atoms with E-state index in [-0.39, 0.29) is 24.3 Å². The van der Waals surface area contributed by atoms with Crippen molar-refractivity contribution in [2.75, 3.05) is 0 Å². The number of benzene rings is 1. The summed E-state index contributed by atoms with van der Waals surface area (Å²) in [6, 6.07) is 4.77. The molecular weight excluding hydrogens is 381 g/mol. The third-order valence-corrected chi connectivity index (χ3v) is 5.63. The second kappa shape index (κ2) is 7.47. The molecule has 2 heterocycles. The van der Waals surface area contributed by atoms with Crippen molar-refractivity contribution >= 4 is 23.3 Å². The Hall–Kier alpha value is -2.54. The first-order chi connectivity index (χ1) is 13.5. The van der Waals surface area contributed by atoms with Crippen molar-refractivity contribution in [1.29, 1.82) is 0 Å². The maximum Gasteiger partial charge on any atom is 0.252 e. The minimum atomic E-state index is -0.376. The van der Waals surface area contributed by atoms with Crippen LogP contribution in [0.3, 0.4) is 0 Å². The minimum Gasteiger partial charge on any atom is -0.335 e. The second-order valence-corrected chi connectivity index (χ2v) is 7.59. The van der Waals surface area contributed by atoms with E-state index in [1.807, 2.05) is 13.8 Å². The number of aromatic nitrogens is 4. The largest absolute Gasteiger partial charge is 0.335 e. The molecule has 2 aromatic heterocycles. The number of hydrogen-bond acceptors (Lipinski definition) is 4. The SMILES string of the molecule is Cc1nc2ncnn2c(C)c1CCC(=O)N(Cc1c(F)cccc1Cl)C1CC1. The molecule has 0 saturated heterocycles. The lowest BCUT2D eigenvalue weighted by molar-refractivity contribution is -0.132. The first-order valence-corrected chi connectivity index (χ1v) is 9.71. The molecule has 1 aliphatic carbocycles. The summed E-state index contributed by atoms with van der Waals surface area (Å²) in [5, 5.41) is 4.54. The van der Waals surface area contributed by atoms with E-state index in [0.717, 1.165) is 29.8 Å². The lowest BCUT2D eigenvalue weighted by atomic mass is 10.1. The van der Waals surface area contributed by atoms with Gasteiger partial charge in [-0.2, -0.15) is 10.1 Å². The zero-order valence-electron chi connectivity index (χ0n) is 15.8. The van der Waals surface area contributed by atoms with Crippen LogP contribution >= 0.6 is 11.6 Å². The average Bonchev–Trinajstić information content (AvgIpc) is 3.38. The van der Waals surface area contributed by atoms with Crippen LogP contribution in [0.4, 0.5) is 4.39 Å². The second-order valence-electron chi connectivity index (χ2n) is 7.19. The summed E-state index contributed by atoms with van der Waals surface area (Å²) in [4.78, 5) is 23.3. The summed E-state index contributed by atoms with van der Waals surface area (Å²) in [7, 11) is 0. The van der Waals surface area contributed by atoms with Crippen LogP contribution in [-0.2, 0) is 17.8 Å². The molecule has 0 spiro atoms. The Morgan fingerprint density at radius 2 is 2.11 bits per heavy atom. The summed E-state index contributed by atoms with van der Waals surface area (Å²) in [6.07, 6.45) is 4.24. The fourth-order valence-electron chi connectivity index (χ4n) is 3.55. The van der Waals surface area contributed by atoms with Gasteiger partial charge in [0.25, 0.3) is 5.78 Å². The number of carbonyl (C=O) groups excluding carboxylic acids is 1. The Morgan fingerprint density at radius 1 is 1.32 bits per heavy atom. The molecule has 0 unspecified atom stereocenters. The predicted octanol–water partition coefficient (Wildman–Crippen LogP) is 3.66. The Bertz CT molecular complexity index is 1030. The number of carbonyl (C=O) groups is 1. The van der Waals surface area contributed by atoms with Gasteiger partial charge in [0.1, 0.15) is 12.1 Å². The highest BCUT2D eigenvalue weighted by molar-refractivity contribution is 6.31. The molecule has 1 amide bonds. The summed E-state index contributed by atoms with van der Waals surface area (Å²) in [5.41, 5.74) is 3.15. The molecule has 0 radical (unpaired) electrons. The smallest absolute Gasteiger partial charge is 0.252 e. The van der Waals surface area contributed by atoms with Crippen molar-refractivity contribution in [3.05, 3.63) is 57.9 Å². The Kier molecular flexibility index (Phi) is 5.02. The van der Waals surface area contributed by atoms with Crippen molar-refractivity contribution in [2.45, 2.75) is 52.1 Å². The number of aryl methyl sites for hydroxylation is 2. The molecule has 0 N–H and O–H groups in total. The molecular formula is C20H21ClFN5O. The van der Waals surface area contributed by atoms with Gasteiger partial charge in [-0.1, -0.05) is 17.7 Å². The molecule has 4 rings (SSSR count). The van der Waals surface area contributed by atoms with Crippen molar-refractivity contribution in [1.82, 2.24) is 24.5 Å². The third kappa shape index (κ3) is 3.58. The van der Waals surface area contributed by atoms with Gasteiger partial charge in [0.05, 0.1) is 6.54 Å². The van der Waals surface area contributed by atoms with Crippen LogP contribution in [0.25, 0.3) is 5.78 Å². The van der Waals surface area contributed by atoms with Crippen LogP contribution < -0.4 is 0 Å². The first kappa shape index (κ1) is 18.8. The minimum absolute atomic E-state index is 0.000642. The molecule has 0 aliphatic heterocycles.